The summed E-state index contributed by atoms with van der Waals surface area (Å²) in [6.07, 6.45) is 16.3. The fourth-order valence-electron chi connectivity index (χ4n) is 3.39. The second-order valence-electron chi connectivity index (χ2n) is 8.07. The Morgan fingerprint density at radius 2 is 1.18 bits per heavy atom. The molecule has 1 aromatic carbocycles. The van der Waals surface area contributed by atoms with E-state index in [2.05, 4.69) is 42.8 Å². The van der Waals surface area contributed by atoms with Gasteiger partial charge in [0.2, 0.25) is 5.82 Å². The van der Waals surface area contributed by atoms with Crippen molar-refractivity contribution in [2.45, 2.75) is 89.5 Å². The maximum absolute atomic E-state index is 12.6. The number of rotatable bonds is 12. The van der Waals surface area contributed by atoms with Crippen LogP contribution in [0.15, 0.2) is 29.3 Å². The molecule has 0 saturated heterocycles. The van der Waals surface area contributed by atoms with Gasteiger partial charge in [-0.2, -0.15) is 0 Å². The van der Waals surface area contributed by atoms with Crippen molar-refractivity contribution in [1.82, 2.24) is 0 Å². The molecule has 0 saturated carbocycles. The minimum absolute atomic E-state index is 1.18. The molecule has 4 nitrogen and oxygen atoms in total. The van der Waals surface area contributed by atoms with E-state index >= 15 is 0 Å². The molecule has 0 bridgehead atoms. The first-order chi connectivity index (χ1) is 16.0. The SMILES string of the molecule is CCCCCCCCCCCC[n+]1ccccc1C.O=S(=O)([O-])c1c(F)c(F)c(F)c(F)c1F. The molecule has 0 aliphatic carbocycles. The molecule has 0 fully saturated rings. The van der Waals surface area contributed by atoms with Gasteiger partial charge in [-0.1, -0.05) is 64.4 Å². The van der Waals surface area contributed by atoms with Crippen molar-refractivity contribution in [3.63, 3.8) is 0 Å². The Morgan fingerprint density at radius 1 is 0.735 bits per heavy atom. The molecule has 2 aromatic rings. The third-order valence-electron chi connectivity index (χ3n) is 5.34. The molecule has 192 valence electrons. The normalized spacial score (nSPS) is 11.3. The molecule has 0 aliphatic heterocycles. The molecule has 0 spiro atoms. The van der Waals surface area contributed by atoms with Gasteiger partial charge in [-0.15, -0.1) is 0 Å². The predicted molar refractivity (Wildman–Crippen MR) is 117 cm³/mol. The molecular formula is C24H32F5NO3S. The van der Waals surface area contributed by atoms with Crippen LogP contribution in [0.25, 0.3) is 0 Å². The molecule has 0 aliphatic rings. The van der Waals surface area contributed by atoms with Crippen LogP contribution >= 0.6 is 0 Å². The number of halogens is 5. The molecular weight excluding hydrogens is 477 g/mol. The van der Waals surface area contributed by atoms with Crippen molar-refractivity contribution in [1.29, 1.82) is 0 Å². The Kier molecular flexibility index (Phi) is 13.2. The third kappa shape index (κ3) is 9.66. The first-order valence-corrected chi connectivity index (χ1v) is 12.9. The molecule has 0 N–H and O–H groups in total. The average Bonchev–Trinajstić information content (AvgIpc) is 2.78. The van der Waals surface area contributed by atoms with Crippen molar-refractivity contribution in [2.24, 2.45) is 0 Å². The zero-order chi connectivity index (χ0) is 25.7. The lowest BCUT2D eigenvalue weighted by Gasteiger charge is -2.10. The third-order valence-corrected chi connectivity index (χ3v) is 6.20. The number of nitrogens with zero attached hydrogens (tertiary/aromatic N) is 1. The van der Waals surface area contributed by atoms with Gasteiger partial charge in [0.25, 0.3) is 0 Å². The van der Waals surface area contributed by atoms with E-state index in [0.717, 1.165) is 0 Å². The Morgan fingerprint density at radius 3 is 1.62 bits per heavy atom. The molecule has 0 amide bonds. The zero-order valence-electron chi connectivity index (χ0n) is 19.6. The first kappa shape index (κ1) is 30.0. The molecule has 1 aromatic heterocycles. The fraction of sp³-hybridized carbons (Fsp3) is 0.542. The van der Waals surface area contributed by atoms with Crippen molar-refractivity contribution in [2.75, 3.05) is 0 Å². The maximum atomic E-state index is 12.6. The van der Waals surface area contributed by atoms with Crippen molar-refractivity contribution < 1.29 is 39.5 Å². The van der Waals surface area contributed by atoms with Gasteiger partial charge in [-0.05, 0) is 6.42 Å². The Bertz CT molecular complexity index is 987. The summed E-state index contributed by atoms with van der Waals surface area (Å²) < 4.78 is 95.3. The number of hydrogen-bond acceptors (Lipinski definition) is 3. The van der Waals surface area contributed by atoms with E-state index in [1.807, 2.05) is 0 Å². The van der Waals surface area contributed by atoms with Crippen LogP contribution in [0, 0.1) is 36.0 Å². The van der Waals surface area contributed by atoms with Crippen LogP contribution in [0.5, 0.6) is 0 Å². The second-order valence-corrected chi connectivity index (χ2v) is 9.39. The maximum Gasteiger partial charge on any atom is 0.200 e. The molecule has 10 heteroatoms. The number of pyridine rings is 1. The molecule has 0 atom stereocenters. The summed E-state index contributed by atoms with van der Waals surface area (Å²) in [5.74, 6) is -12.8. The highest BCUT2D eigenvalue weighted by molar-refractivity contribution is 7.85. The van der Waals surface area contributed by atoms with Crippen LogP contribution in [0.1, 0.15) is 76.8 Å². The lowest BCUT2D eigenvalue weighted by Crippen LogP contribution is -2.36. The van der Waals surface area contributed by atoms with Gasteiger partial charge in [0.05, 0.1) is 0 Å². The standard InChI is InChI=1S/C18H32N.C6HF5O3S/c1-3-4-5-6-7-8-9-10-11-13-16-19-17-14-12-15-18(19)2;7-1-2(8)4(10)6(15(12,13)14)5(11)3(1)9/h12,14-15,17H,3-11,13,16H2,1-2H3;(H,12,13,14)/q+1;/p-1. The van der Waals surface area contributed by atoms with Crippen LogP contribution in [0.2, 0.25) is 0 Å². The van der Waals surface area contributed by atoms with Gasteiger partial charge < -0.3 is 4.55 Å². The predicted octanol–water partition coefficient (Wildman–Crippen LogP) is 6.49. The highest BCUT2D eigenvalue weighted by atomic mass is 32.2. The van der Waals surface area contributed by atoms with E-state index in [-0.39, 0.29) is 0 Å². The quantitative estimate of drug-likeness (QED) is 0.0821. The average molecular weight is 510 g/mol. The van der Waals surface area contributed by atoms with E-state index in [1.165, 1.54) is 76.4 Å². The van der Waals surface area contributed by atoms with Crippen LogP contribution < -0.4 is 4.57 Å². The summed E-state index contributed by atoms with van der Waals surface area (Å²) in [5.41, 5.74) is 1.37. The molecule has 1 heterocycles. The minimum atomic E-state index is -5.77. The number of aromatic nitrogens is 1. The number of benzene rings is 1. The lowest BCUT2D eigenvalue weighted by molar-refractivity contribution is -0.703. The van der Waals surface area contributed by atoms with Gasteiger partial charge >= 0.3 is 0 Å². The minimum Gasteiger partial charge on any atom is -0.744 e. The van der Waals surface area contributed by atoms with E-state index in [9.17, 15) is 34.9 Å². The van der Waals surface area contributed by atoms with Crippen LogP contribution in [-0.2, 0) is 16.7 Å². The number of hydrogen-bond donors (Lipinski definition) is 0. The number of aryl methyl sites for hydroxylation is 2. The Labute approximate surface area is 198 Å². The number of unbranched alkanes of at least 4 members (excludes halogenated alkanes) is 9. The van der Waals surface area contributed by atoms with Crippen molar-refractivity contribution in [3.8, 4) is 0 Å². The highest BCUT2D eigenvalue weighted by Crippen LogP contribution is 2.26. The summed E-state index contributed by atoms with van der Waals surface area (Å²) in [5, 5.41) is 0. The first-order valence-electron chi connectivity index (χ1n) is 11.4. The molecule has 0 radical (unpaired) electrons. The van der Waals surface area contributed by atoms with Gasteiger partial charge in [0.1, 0.15) is 21.6 Å². The van der Waals surface area contributed by atoms with E-state index in [1.54, 1.807) is 0 Å². The molecule has 2 rings (SSSR count). The van der Waals surface area contributed by atoms with Crippen LogP contribution in [0.4, 0.5) is 22.0 Å². The summed E-state index contributed by atoms with van der Waals surface area (Å²) in [4.78, 5) is -2.38. The lowest BCUT2D eigenvalue weighted by atomic mass is 10.1. The van der Waals surface area contributed by atoms with Crippen molar-refractivity contribution in [3.05, 3.63) is 59.2 Å². The summed E-state index contributed by atoms with van der Waals surface area (Å²) in [6, 6.07) is 6.43. The Balaban J connectivity index is 0.000000350. The Hall–Kier alpha value is -2.07. The summed E-state index contributed by atoms with van der Waals surface area (Å²) in [7, 11) is -5.77. The van der Waals surface area contributed by atoms with Crippen LogP contribution in [0.3, 0.4) is 0 Å². The van der Waals surface area contributed by atoms with Crippen LogP contribution in [-0.4, -0.2) is 13.0 Å². The monoisotopic (exact) mass is 509 g/mol. The summed E-state index contributed by atoms with van der Waals surface area (Å²) in [6.45, 7) is 5.66. The summed E-state index contributed by atoms with van der Waals surface area (Å²) >= 11 is 0. The highest BCUT2D eigenvalue weighted by Gasteiger charge is 2.28. The largest absolute Gasteiger partial charge is 0.744 e. The van der Waals surface area contributed by atoms with E-state index in [4.69, 9.17) is 0 Å². The van der Waals surface area contributed by atoms with Gasteiger partial charge in [-0.25, -0.2) is 34.9 Å². The van der Waals surface area contributed by atoms with Gasteiger partial charge in [0, 0.05) is 25.5 Å². The van der Waals surface area contributed by atoms with Crippen molar-refractivity contribution >= 4 is 10.1 Å². The molecule has 34 heavy (non-hydrogen) atoms. The van der Waals surface area contributed by atoms with E-state index in [0.29, 0.717) is 0 Å². The van der Waals surface area contributed by atoms with Gasteiger partial charge in [0.15, 0.2) is 35.2 Å². The fourth-order valence-corrected chi connectivity index (χ4v) is 4.00. The smallest absolute Gasteiger partial charge is 0.200 e. The van der Waals surface area contributed by atoms with E-state index < -0.39 is 44.1 Å². The molecule has 0 unspecified atom stereocenters. The second kappa shape index (κ2) is 15.0. The zero-order valence-corrected chi connectivity index (χ0v) is 20.4. The van der Waals surface area contributed by atoms with Gasteiger partial charge in [-0.3, -0.25) is 0 Å². The topological polar surface area (TPSA) is 61.1 Å².